The molecule has 26 heavy (non-hydrogen) atoms. The molecule has 0 aliphatic carbocycles. The number of hydrogen-bond donors (Lipinski definition) is 2. The van der Waals surface area contributed by atoms with Gasteiger partial charge in [-0.2, -0.15) is 0 Å². The highest BCUT2D eigenvalue weighted by molar-refractivity contribution is 5.96. The van der Waals surface area contributed by atoms with Gasteiger partial charge in [-0.3, -0.25) is 4.79 Å². The maximum Gasteiger partial charge on any atom is 0.355 e. The molecule has 0 saturated heterocycles. The van der Waals surface area contributed by atoms with Crippen molar-refractivity contribution < 1.29 is 19.1 Å². The van der Waals surface area contributed by atoms with Crippen LogP contribution in [-0.4, -0.2) is 23.0 Å². The summed E-state index contributed by atoms with van der Waals surface area (Å²) in [7, 11) is 0. The first-order valence-electron chi connectivity index (χ1n) is 8.10. The Bertz CT molecular complexity index is 859. The SMILES string of the molecule is C[C@@H](OC(=O)c1ccc[nH]1)C(=O)Nc1ccc(Oc2ccccc2)cc1. The van der Waals surface area contributed by atoms with Crippen molar-refractivity contribution in [1.29, 1.82) is 0 Å². The third-order valence-corrected chi connectivity index (χ3v) is 3.57. The van der Waals surface area contributed by atoms with Crippen LogP contribution in [0.25, 0.3) is 0 Å². The molecule has 6 heteroatoms. The van der Waals surface area contributed by atoms with Gasteiger partial charge in [0, 0.05) is 11.9 Å². The van der Waals surface area contributed by atoms with Crippen LogP contribution < -0.4 is 10.1 Å². The minimum absolute atomic E-state index is 0.298. The molecule has 0 fully saturated rings. The van der Waals surface area contributed by atoms with Gasteiger partial charge in [0.15, 0.2) is 6.10 Å². The predicted molar refractivity (Wildman–Crippen MR) is 97.3 cm³/mol. The van der Waals surface area contributed by atoms with Gasteiger partial charge in [-0.15, -0.1) is 0 Å². The van der Waals surface area contributed by atoms with Gasteiger partial charge in [-0.25, -0.2) is 4.79 Å². The van der Waals surface area contributed by atoms with Crippen LogP contribution in [0.1, 0.15) is 17.4 Å². The van der Waals surface area contributed by atoms with E-state index in [-0.39, 0.29) is 0 Å². The van der Waals surface area contributed by atoms with E-state index in [2.05, 4.69) is 10.3 Å². The van der Waals surface area contributed by atoms with Crippen molar-refractivity contribution in [3.63, 3.8) is 0 Å². The number of para-hydroxylation sites is 1. The maximum absolute atomic E-state index is 12.2. The number of benzene rings is 2. The number of aromatic amines is 1. The van der Waals surface area contributed by atoms with Gasteiger partial charge in [0.1, 0.15) is 17.2 Å². The van der Waals surface area contributed by atoms with Crippen LogP contribution in [0.4, 0.5) is 5.69 Å². The Balaban J connectivity index is 1.54. The molecule has 1 amide bonds. The molecule has 132 valence electrons. The normalized spacial score (nSPS) is 11.4. The van der Waals surface area contributed by atoms with Crippen LogP contribution in [0.2, 0.25) is 0 Å². The molecule has 0 aliphatic heterocycles. The summed E-state index contributed by atoms with van der Waals surface area (Å²) in [6.07, 6.45) is 0.687. The van der Waals surface area contributed by atoms with Crippen molar-refractivity contribution in [2.24, 2.45) is 0 Å². The van der Waals surface area contributed by atoms with Crippen molar-refractivity contribution in [2.45, 2.75) is 13.0 Å². The van der Waals surface area contributed by atoms with Crippen LogP contribution in [0, 0.1) is 0 Å². The highest BCUT2D eigenvalue weighted by Gasteiger charge is 2.19. The topological polar surface area (TPSA) is 80.4 Å². The Kier molecular flexibility index (Phi) is 5.34. The number of ether oxygens (including phenoxy) is 2. The van der Waals surface area contributed by atoms with Crippen molar-refractivity contribution >= 4 is 17.6 Å². The number of esters is 1. The largest absolute Gasteiger partial charge is 0.457 e. The fraction of sp³-hybridized carbons (Fsp3) is 0.100. The number of rotatable bonds is 6. The number of hydrogen-bond acceptors (Lipinski definition) is 4. The Labute approximate surface area is 150 Å². The Morgan fingerprint density at radius 2 is 1.62 bits per heavy atom. The molecule has 3 rings (SSSR count). The minimum atomic E-state index is -0.925. The summed E-state index contributed by atoms with van der Waals surface area (Å²) >= 11 is 0. The number of aromatic nitrogens is 1. The highest BCUT2D eigenvalue weighted by Crippen LogP contribution is 2.22. The summed E-state index contributed by atoms with van der Waals surface area (Å²) in [6.45, 7) is 1.52. The standard InChI is InChI=1S/C20H18N2O4/c1-14(25-20(24)18-8-5-13-21-18)19(23)22-15-9-11-17(12-10-15)26-16-6-3-2-4-7-16/h2-14,21H,1H3,(H,22,23)/t14-/m1/s1. The van der Waals surface area contributed by atoms with E-state index in [1.807, 2.05) is 30.3 Å². The molecule has 2 N–H and O–H groups in total. The van der Waals surface area contributed by atoms with Crippen LogP contribution in [-0.2, 0) is 9.53 Å². The molecular weight excluding hydrogens is 332 g/mol. The number of amides is 1. The van der Waals surface area contributed by atoms with Gasteiger partial charge in [0.2, 0.25) is 0 Å². The molecule has 6 nitrogen and oxygen atoms in total. The molecule has 0 radical (unpaired) electrons. The molecule has 0 unspecified atom stereocenters. The fourth-order valence-electron chi connectivity index (χ4n) is 2.21. The van der Waals surface area contributed by atoms with Gasteiger partial charge in [-0.05, 0) is 55.5 Å². The Morgan fingerprint density at radius 3 is 2.27 bits per heavy atom. The predicted octanol–water partition coefficient (Wildman–Crippen LogP) is 3.99. The second-order valence-electron chi connectivity index (χ2n) is 5.56. The molecule has 0 spiro atoms. The molecule has 0 bridgehead atoms. The number of nitrogens with one attached hydrogen (secondary N) is 2. The number of anilines is 1. The first kappa shape index (κ1) is 17.3. The summed E-state index contributed by atoms with van der Waals surface area (Å²) in [5.74, 6) is 0.389. The number of carbonyl (C=O) groups excluding carboxylic acids is 2. The first-order valence-corrected chi connectivity index (χ1v) is 8.10. The second-order valence-corrected chi connectivity index (χ2v) is 5.56. The van der Waals surface area contributed by atoms with E-state index in [4.69, 9.17) is 9.47 Å². The first-order chi connectivity index (χ1) is 12.6. The van der Waals surface area contributed by atoms with Crippen LogP contribution in [0.5, 0.6) is 11.5 Å². The van der Waals surface area contributed by atoms with E-state index >= 15 is 0 Å². The molecular formula is C20H18N2O4. The van der Waals surface area contributed by atoms with E-state index in [1.165, 1.54) is 6.92 Å². The fourth-order valence-corrected chi connectivity index (χ4v) is 2.21. The van der Waals surface area contributed by atoms with Crippen LogP contribution in [0.3, 0.4) is 0 Å². The zero-order valence-electron chi connectivity index (χ0n) is 14.1. The van der Waals surface area contributed by atoms with Crippen molar-refractivity contribution in [3.8, 4) is 11.5 Å². The zero-order chi connectivity index (χ0) is 18.4. The third kappa shape index (κ3) is 4.51. The second kappa shape index (κ2) is 8.02. The lowest BCUT2D eigenvalue weighted by Gasteiger charge is -2.13. The lowest BCUT2D eigenvalue weighted by molar-refractivity contribution is -0.123. The van der Waals surface area contributed by atoms with Gasteiger partial charge < -0.3 is 19.8 Å². The van der Waals surface area contributed by atoms with Gasteiger partial charge in [0.25, 0.3) is 5.91 Å². The molecule has 1 heterocycles. The van der Waals surface area contributed by atoms with E-state index < -0.39 is 18.0 Å². The molecule has 1 atom stereocenters. The quantitative estimate of drug-likeness (QED) is 0.659. The van der Waals surface area contributed by atoms with E-state index in [0.717, 1.165) is 5.75 Å². The van der Waals surface area contributed by atoms with Gasteiger partial charge >= 0.3 is 5.97 Å². The summed E-state index contributed by atoms with van der Waals surface area (Å²) < 4.78 is 10.8. The van der Waals surface area contributed by atoms with Crippen LogP contribution in [0.15, 0.2) is 72.9 Å². The number of carbonyl (C=O) groups is 2. The molecule has 2 aromatic carbocycles. The van der Waals surface area contributed by atoms with Crippen molar-refractivity contribution in [2.75, 3.05) is 5.32 Å². The van der Waals surface area contributed by atoms with E-state index in [9.17, 15) is 9.59 Å². The van der Waals surface area contributed by atoms with Gasteiger partial charge in [0.05, 0.1) is 0 Å². The highest BCUT2D eigenvalue weighted by atomic mass is 16.5. The Morgan fingerprint density at radius 1 is 0.923 bits per heavy atom. The van der Waals surface area contributed by atoms with Gasteiger partial charge in [-0.1, -0.05) is 18.2 Å². The molecule has 0 saturated carbocycles. The molecule has 1 aromatic heterocycles. The zero-order valence-corrected chi connectivity index (χ0v) is 14.1. The summed E-state index contributed by atoms with van der Waals surface area (Å²) in [5.41, 5.74) is 0.880. The summed E-state index contributed by atoms with van der Waals surface area (Å²) in [6, 6.07) is 19.6. The lowest BCUT2D eigenvalue weighted by Crippen LogP contribution is -2.30. The minimum Gasteiger partial charge on any atom is -0.457 e. The summed E-state index contributed by atoms with van der Waals surface area (Å²) in [5, 5.41) is 2.70. The number of H-pyrrole nitrogens is 1. The van der Waals surface area contributed by atoms with E-state index in [0.29, 0.717) is 17.1 Å². The molecule has 0 aliphatic rings. The third-order valence-electron chi connectivity index (χ3n) is 3.57. The smallest absolute Gasteiger partial charge is 0.355 e. The molecule has 3 aromatic rings. The van der Waals surface area contributed by atoms with Crippen molar-refractivity contribution in [1.82, 2.24) is 4.98 Å². The van der Waals surface area contributed by atoms with E-state index in [1.54, 1.807) is 42.6 Å². The lowest BCUT2D eigenvalue weighted by atomic mass is 10.2. The monoisotopic (exact) mass is 350 g/mol. The summed E-state index contributed by atoms with van der Waals surface area (Å²) in [4.78, 5) is 26.7. The van der Waals surface area contributed by atoms with Crippen molar-refractivity contribution in [3.05, 3.63) is 78.6 Å². The van der Waals surface area contributed by atoms with Crippen LogP contribution >= 0.6 is 0 Å². The Hall–Kier alpha value is -3.54. The average Bonchev–Trinajstić information content (AvgIpc) is 3.19. The maximum atomic E-state index is 12.2. The average molecular weight is 350 g/mol.